The number of benzene rings is 4. The van der Waals surface area contributed by atoms with E-state index in [0.29, 0.717) is 31.5 Å². The number of halogens is 12. The van der Waals surface area contributed by atoms with E-state index in [1.54, 1.807) is 30.5 Å². The molecule has 4 aliphatic heterocycles. The Labute approximate surface area is 403 Å². The van der Waals surface area contributed by atoms with Crippen molar-refractivity contribution >= 4 is 0 Å². The van der Waals surface area contributed by atoms with Gasteiger partial charge in [-0.15, -0.1) is 0 Å². The van der Waals surface area contributed by atoms with E-state index in [1.165, 1.54) is 13.8 Å². The molecule has 7 atom stereocenters. The highest BCUT2D eigenvalue weighted by Gasteiger charge is 2.56. The normalized spacial score (nSPS) is 26.4. The molecule has 0 saturated carbocycles. The number of nitro groups is 1. The molecule has 71 heavy (non-hydrogen) atoms. The molecule has 3 fully saturated rings. The van der Waals surface area contributed by atoms with Crippen LogP contribution >= 0.6 is 0 Å². The van der Waals surface area contributed by atoms with Crippen molar-refractivity contribution in [3.05, 3.63) is 164 Å². The lowest BCUT2D eigenvalue weighted by Gasteiger charge is -2.56. The average Bonchev–Trinajstić information content (AvgIpc) is 3.30. The number of hydrogen-bond donors (Lipinski definition) is 1. The van der Waals surface area contributed by atoms with Crippen LogP contribution in [0.4, 0.5) is 52.7 Å². The van der Waals surface area contributed by atoms with Gasteiger partial charge in [-0.25, -0.2) is 0 Å². The highest BCUT2D eigenvalue weighted by molar-refractivity contribution is 5.37. The quantitative estimate of drug-likeness (QED) is 0.0908. The van der Waals surface area contributed by atoms with Crippen molar-refractivity contribution < 1.29 is 67.1 Å². The van der Waals surface area contributed by atoms with Gasteiger partial charge < -0.3 is 20.1 Å². The highest BCUT2D eigenvalue weighted by atomic mass is 19.4. The molecule has 0 radical (unpaired) electrons. The molecule has 2 N–H and O–H groups in total. The molecule has 0 amide bonds. The van der Waals surface area contributed by atoms with Crippen molar-refractivity contribution in [3.63, 3.8) is 0 Å². The monoisotopic (exact) mass is 1020 g/mol. The maximum Gasteiger partial charge on any atom is 0.416 e. The van der Waals surface area contributed by atoms with Crippen molar-refractivity contribution in [1.82, 2.24) is 9.80 Å². The van der Waals surface area contributed by atoms with Crippen molar-refractivity contribution in [1.29, 1.82) is 0 Å². The van der Waals surface area contributed by atoms with Gasteiger partial charge in [0.2, 0.25) is 5.54 Å². The standard InChI is InChI=1S/C25H24F6N2O3.C25H28F6N2O.CH4/c1-17(18-12-20(24(26,27)28)14-21(13-18)25(29,30)31)36-16-23(19-6-3-2-4-7-19)10-9-22(33(34)35)8-5-11-32(23)15-22;1-17(18-12-20(24(26,27)28)14-21(13-18)25(29,30)31)34-16-23(19-6-3-2-4-7-19)10-9-22(32)8-5-11-33(23)15-22;/h2-7,11-14,17H,8-10,15-16H2,1H3;2-4,6-7,12-14,17H,5,8-11,15-16,32H2,1H3;1H4/t2*17-,22+,23-;/m11./s1. The lowest BCUT2D eigenvalue weighted by Crippen LogP contribution is -2.66. The Kier molecular flexibility index (Phi) is 15.8. The fraction of sp³-hybridized carbons (Fsp3) is 0.490. The molecule has 3 saturated heterocycles. The van der Waals surface area contributed by atoms with Gasteiger partial charge in [-0.05, 0) is 117 Å². The number of piperidine rings is 3. The summed E-state index contributed by atoms with van der Waals surface area (Å²) in [7, 11) is 0. The second kappa shape index (κ2) is 20.4. The average molecular weight is 1020 g/mol. The summed E-state index contributed by atoms with van der Waals surface area (Å²) in [6, 6.07) is 21.8. The van der Waals surface area contributed by atoms with Crippen molar-refractivity contribution in [2.75, 3.05) is 32.8 Å². The van der Waals surface area contributed by atoms with Crippen LogP contribution < -0.4 is 5.73 Å². The number of rotatable bonds is 11. The van der Waals surface area contributed by atoms with Crippen molar-refractivity contribution in [2.24, 2.45) is 5.73 Å². The predicted molar refractivity (Wildman–Crippen MR) is 241 cm³/mol. The van der Waals surface area contributed by atoms with Gasteiger partial charge in [0.25, 0.3) is 0 Å². The number of nitrogens with two attached hydrogens (primary N) is 1. The topological polar surface area (TPSA) is 94.1 Å². The van der Waals surface area contributed by atoms with Crippen LogP contribution in [0.1, 0.15) is 123 Å². The van der Waals surface area contributed by atoms with Crippen LogP contribution in [0.5, 0.6) is 0 Å². The summed E-state index contributed by atoms with van der Waals surface area (Å²) in [6.45, 7) is 4.50. The van der Waals surface area contributed by atoms with E-state index < -0.39 is 75.8 Å². The smallest absolute Gasteiger partial charge is 0.372 e. The second-order valence-corrected chi connectivity index (χ2v) is 19.0. The Balaban J connectivity index is 0.000000230. The minimum absolute atomic E-state index is 0. The number of ether oxygens (including phenoxy) is 2. The maximum absolute atomic E-state index is 13.3. The van der Waals surface area contributed by atoms with Gasteiger partial charge in [0.15, 0.2) is 0 Å². The van der Waals surface area contributed by atoms with E-state index in [2.05, 4.69) is 4.90 Å². The van der Waals surface area contributed by atoms with Crippen LogP contribution in [0.25, 0.3) is 0 Å². The second-order valence-electron chi connectivity index (χ2n) is 19.0. The Bertz CT molecular complexity index is 2440. The van der Waals surface area contributed by atoms with Crippen LogP contribution in [0, 0.1) is 10.1 Å². The van der Waals surface area contributed by atoms with Crippen LogP contribution in [0.15, 0.2) is 109 Å². The van der Waals surface area contributed by atoms with Crippen molar-refractivity contribution in [3.8, 4) is 0 Å². The van der Waals surface area contributed by atoms with E-state index in [9.17, 15) is 62.8 Å². The number of hydrogen-bond acceptors (Lipinski definition) is 7. The Morgan fingerprint density at radius 3 is 1.48 bits per heavy atom. The number of alkyl halides is 12. The molecular formula is C51H56F12N4O4. The van der Waals surface area contributed by atoms with E-state index in [1.807, 2.05) is 47.4 Å². The summed E-state index contributed by atoms with van der Waals surface area (Å²) in [4.78, 5) is 15.7. The lowest BCUT2D eigenvalue weighted by molar-refractivity contribution is -0.576. The predicted octanol–water partition coefficient (Wildman–Crippen LogP) is 13.6. The van der Waals surface area contributed by atoms with Gasteiger partial charge in [-0.1, -0.05) is 74.2 Å². The number of fused-ring (bicyclic) bond motifs is 4. The van der Waals surface area contributed by atoms with Gasteiger partial charge in [-0.2, -0.15) is 52.7 Å². The summed E-state index contributed by atoms with van der Waals surface area (Å²) in [5.74, 6) is 0. The molecule has 20 heteroatoms. The van der Waals surface area contributed by atoms with Gasteiger partial charge in [0.1, 0.15) is 0 Å². The molecule has 4 aromatic rings. The third-order valence-electron chi connectivity index (χ3n) is 14.4. The molecule has 4 aromatic carbocycles. The summed E-state index contributed by atoms with van der Waals surface area (Å²) in [6.07, 6.45) is -14.2. The van der Waals surface area contributed by atoms with Crippen LogP contribution in [0.3, 0.4) is 0 Å². The van der Waals surface area contributed by atoms with Crippen LogP contribution in [-0.2, 0) is 45.3 Å². The first-order valence-corrected chi connectivity index (χ1v) is 22.6. The maximum atomic E-state index is 13.3. The molecule has 8 nitrogen and oxygen atoms in total. The van der Waals surface area contributed by atoms with E-state index >= 15 is 0 Å². The van der Waals surface area contributed by atoms with Crippen molar-refractivity contribution in [2.45, 2.75) is 125 Å². The summed E-state index contributed by atoms with van der Waals surface area (Å²) < 4.78 is 172. The molecule has 8 rings (SSSR count). The SMILES string of the molecule is C.C[C@@H](OC[C@@]1(c2ccccc2)CC[C@@]2(N)CCCN1C2)c1cc(C(F)(F)F)cc(C(F)(F)F)c1.C[C@@H](OC[C@@]1(c2ccccc2)CC[C@@]2([N+](=O)[O-])CC=CN1C2)c1cc(C(F)(F)F)cc(C(F)(F)F)c1. The Hall–Kier alpha value is -5.18. The largest absolute Gasteiger partial charge is 0.416 e. The van der Waals surface area contributed by atoms with E-state index in [-0.39, 0.29) is 73.7 Å². The summed E-state index contributed by atoms with van der Waals surface area (Å²) >= 11 is 0. The Morgan fingerprint density at radius 2 is 1.04 bits per heavy atom. The Morgan fingerprint density at radius 1 is 0.620 bits per heavy atom. The molecule has 0 aliphatic carbocycles. The third-order valence-corrected chi connectivity index (χ3v) is 14.4. The first-order chi connectivity index (χ1) is 32.6. The fourth-order valence-corrected chi connectivity index (χ4v) is 10.2. The third kappa shape index (κ3) is 11.9. The molecule has 4 bridgehead atoms. The minimum atomic E-state index is -4.96. The zero-order chi connectivity index (χ0) is 51.1. The molecule has 4 aliphatic rings. The highest BCUT2D eigenvalue weighted by Crippen LogP contribution is 2.48. The van der Waals surface area contributed by atoms with Gasteiger partial charge in [0, 0.05) is 29.8 Å². The summed E-state index contributed by atoms with van der Waals surface area (Å²) in [5.41, 5.74) is -0.416. The summed E-state index contributed by atoms with van der Waals surface area (Å²) in [5, 5.41) is 11.8. The zero-order valence-corrected chi connectivity index (χ0v) is 38.1. The van der Waals surface area contributed by atoms with Crippen LogP contribution in [-0.4, -0.2) is 58.6 Å². The van der Waals surface area contributed by atoms with Gasteiger partial charge in [-0.3, -0.25) is 15.0 Å². The molecule has 388 valence electrons. The van der Waals surface area contributed by atoms with E-state index in [0.717, 1.165) is 49.1 Å². The van der Waals surface area contributed by atoms with Gasteiger partial charge in [0.05, 0.1) is 65.3 Å². The molecule has 0 spiro atoms. The molecule has 0 aromatic heterocycles. The minimum Gasteiger partial charge on any atom is -0.372 e. The fourth-order valence-electron chi connectivity index (χ4n) is 10.2. The first-order valence-electron chi connectivity index (χ1n) is 22.6. The molecule has 4 heterocycles. The lowest BCUT2D eigenvalue weighted by atomic mass is 9.71. The van der Waals surface area contributed by atoms with Gasteiger partial charge >= 0.3 is 24.7 Å². The molecular weight excluding hydrogens is 961 g/mol. The zero-order valence-electron chi connectivity index (χ0n) is 38.1. The number of nitrogens with zero attached hydrogens (tertiary/aromatic N) is 3. The molecule has 1 unspecified atom stereocenters. The van der Waals surface area contributed by atoms with Crippen LogP contribution in [0.2, 0.25) is 0 Å². The van der Waals surface area contributed by atoms with E-state index in [4.69, 9.17) is 15.2 Å². The first kappa shape index (κ1) is 55.1.